The van der Waals surface area contributed by atoms with E-state index in [0.717, 1.165) is 5.39 Å². The minimum Gasteiger partial charge on any atom is -0.423 e. The summed E-state index contributed by atoms with van der Waals surface area (Å²) in [6, 6.07) is 14.3. The van der Waals surface area contributed by atoms with Gasteiger partial charge in [-0.1, -0.05) is 18.2 Å². The van der Waals surface area contributed by atoms with E-state index in [2.05, 4.69) is 5.32 Å². The Kier molecular flexibility index (Phi) is 5.69. The largest absolute Gasteiger partial charge is 0.423 e. The molecule has 1 N–H and O–H groups in total. The summed E-state index contributed by atoms with van der Waals surface area (Å²) in [5.74, 6) is -0.283. The molecule has 1 aromatic heterocycles. The first-order valence-electron chi connectivity index (χ1n) is 8.72. The third-order valence-corrected chi connectivity index (χ3v) is 4.29. The van der Waals surface area contributed by atoms with Crippen LogP contribution in [0.4, 0.5) is 11.4 Å². The Bertz CT molecular complexity index is 1080. The van der Waals surface area contributed by atoms with Gasteiger partial charge >= 0.3 is 5.63 Å². The van der Waals surface area contributed by atoms with Crippen LogP contribution in [0.25, 0.3) is 11.0 Å². The molecule has 1 amide bonds. The first-order chi connectivity index (χ1) is 13.5. The zero-order valence-electron chi connectivity index (χ0n) is 15.3. The second kappa shape index (κ2) is 8.34. The van der Waals surface area contributed by atoms with Crippen LogP contribution in [0.2, 0.25) is 0 Å². The van der Waals surface area contributed by atoms with Crippen LogP contribution in [-0.2, 0) is 0 Å². The van der Waals surface area contributed by atoms with Crippen molar-refractivity contribution in [3.8, 4) is 0 Å². The lowest BCUT2D eigenvalue weighted by molar-refractivity contribution is -0.384. The number of nitrogens with zero attached hydrogens (tertiary/aromatic N) is 2. The molecule has 2 aromatic carbocycles. The third kappa shape index (κ3) is 4.35. The lowest BCUT2D eigenvalue weighted by atomic mass is 10.1. The molecule has 8 heteroatoms. The highest BCUT2D eigenvalue weighted by Gasteiger charge is 2.15. The average molecular weight is 381 g/mol. The van der Waals surface area contributed by atoms with E-state index >= 15 is 0 Å². The zero-order valence-corrected chi connectivity index (χ0v) is 15.3. The summed E-state index contributed by atoms with van der Waals surface area (Å²) < 4.78 is 5.16. The fraction of sp³-hybridized carbons (Fsp3) is 0.200. The summed E-state index contributed by atoms with van der Waals surface area (Å²) >= 11 is 0. The number of carbonyl (C=O) groups is 1. The summed E-state index contributed by atoms with van der Waals surface area (Å²) in [5.41, 5.74) is 0.918. The SMILES string of the molecule is CN(CCCNc1cc(=O)oc2ccccc12)C(=O)c1cccc([N+](=O)[O-])c1. The molecule has 0 spiro atoms. The summed E-state index contributed by atoms with van der Waals surface area (Å²) in [7, 11) is 1.65. The van der Waals surface area contributed by atoms with Gasteiger partial charge in [-0.25, -0.2) is 4.79 Å². The first-order valence-corrected chi connectivity index (χ1v) is 8.72. The van der Waals surface area contributed by atoms with E-state index in [0.29, 0.717) is 30.8 Å². The van der Waals surface area contributed by atoms with Gasteiger partial charge in [0, 0.05) is 49.3 Å². The van der Waals surface area contributed by atoms with E-state index in [-0.39, 0.29) is 17.2 Å². The molecule has 0 aliphatic rings. The molecule has 0 aliphatic heterocycles. The molecule has 0 aliphatic carbocycles. The minimum absolute atomic E-state index is 0.115. The monoisotopic (exact) mass is 381 g/mol. The van der Waals surface area contributed by atoms with Crippen molar-refractivity contribution in [1.29, 1.82) is 0 Å². The standard InChI is InChI=1S/C20H19N3O5/c1-22(20(25)14-6-4-7-15(12-14)23(26)27)11-5-10-21-17-13-19(24)28-18-9-3-2-8-16(17)18/h2-4,6-9,12-13,21H,5,10-11H2,1H3. The summed E-state index contributed by atoms with van der Waals surface area (Å²) in [6.45, 7) is 0.994. The predicted octanol–water partition coefficient (Wildman–Crippen LogP) is 3.28. The molecule has 0 unspecified atom stereocenters. The smallest absolute Gasteiger partial charge is 0.338 e. The van der Waals surface area contributed by atoms with Crippen LogP contribution in [0.15, 0.2) is 63.8 Å². The maximum atomic E-state index is 12.4. The van der Waals surface area contributed by atoms with E-state index < -0.39 is 10.5 Å². The quantitative estimate of drug-likeness (QED) is 0.291. The Morgan fingerprint density at radius 3 is 2.75 bits per heavy atom. The number of nitro benzene ring substituents is 1. The van der Waals surface area contributed by atoms with Crippen molar-refractivity contribution in [2.75, 3.05) is 25.5 Å². The van der Waals surface area contributed by atoms with Gasteiger partial charge in [-0.05, 0) is 24.6 Å². The number of fused-ring (bicyclic) bond motifs is 1. The van der Waals surface area contributed by atoms with Crippen LogP contribution in [-0.4, -0.2) is 35.9 Å². The van der Waals surface area contributed by atoms with E-state index in [1.807, 2.05) is 12.1 Å². The number of benzene rings is 2. The second-order valence-corrected chi connectivity index (χ2v) is 6.29. The van der Waals surface area contributed by atoms with Gasteiger partial charge in [-0.15, -0.1) is 0 Å². The number of nitro groups is 1. The lowest BCUT2D eigenvalue weighted by Crippen LogP contribution is -2.28. The summed E-state index contributed by atoms with van der Waals surface area (Å²) in [4.78, 5) is 35.9. The third-order valence-electron chi connectivity index (χ3n) is 4.29. The van der Waals surface area contributed by atoms with Crippen molar-refractivity contribution in [3.05, 3.63) is 80.7 Å². The van der Waals surface area contributed by atoms with Crippen LogP contribution in [0, 0.1) is 10.1 Å². The number of amides is 1. The van der Waals surface area contributed by atoms with E-state index in [1.54, 1.807) is 25.2 Å². The molecule has 3 rings (SSSR count). The zero-order chi connectivity index (χ0) is 20.1. The number of non-ortho nitro benzene ring substituents is 1. The number of carbonyl (C=O) groups excluding carboxylic acids is 1. The molecule has 0 fully saturated rings. The van der Waals surface area contributed by atoms with Gasteiger partial charge < -0.3 is 14.6 Å². The lowest BCUT2D eigenvalue weighted by Gasteiger charge is -2.17. The van der Waals surface area contributed by atoms with Gasteiger partial charge in [0.15, 0.2) is 0 Å². The first kappa shape index (κ1) is 19.1. The fourth-order valence-electron chi connectivity index (χ4n) is 2.87. The van der Waals surface area contributed by atoms with Gasteiger partial charge in [0.2, 0.25) is 0 Å². The average Bonchev–Trinajstić information content (AvgIpc) is 2.70. The number of anilines is 1. The molecule has 28 heavy (non-hydrogen) atoms. The van der Waals surface area contributed by atoms with E-state index in [9.17, 15) is 19.7 Å². The molecule has 0 bridgehead atoms. The van der Waals surface area contributed by atoms with Gasteiger partial charge in [-0.2, -0.15) is 0 Å². The van der Waals surface area contributed by atoms with E-state index in [4.69, 9.17) is 4.42 Å². The second-order valence-electron chi connectivity index (χ2n) is 6.29. The van der Waals surface area contributed by atoms with Gasteiger partial charge in [0.1, 0.15) is 5.58 Å². The van der Waals surface area contributed by atoms with Crippen molar-refractivity contribution < 1.29 is 14.1 Å². The Morgan fingerprint density at radius 2 is 1.96 bits per heavy atom. The van der Waals surface area contributed by atoms with Gasteiger partial charge in [-0.3, -0.25) is 14.9 Å². The minimum atomic E-state index is -0.526. The van der Waals surface area contributed by atoms with Crippen molar-refractivity contribution in [1.82, 2.24) is 4.90 Å². The molecule has 1 heterocycles. The van der Waals surface area contributed by atoms with Crippen molar-refractivity contribution in [2.24, 2.45) is 0 Å². The summed E-state index contributed by atoms with van der Waals surface area (Å²) in [6.07, 6.45) is 0.631. The Hall–Kier alpha value is -3.68. The molecular formula is C20H19N3O5. The Labute approximate surface area is 160 Å². The predicted molar refractivity (Wildman–Crippen MR) is 106 cm³/mol. The van der Waals surface area contributed by atoms with Crippen molar-refractivity contribution in [3.63, 3.8) is 0 Å². The topological polar surface area (TPSA) is 106 Å². The number of rotatable bonds is 7. The highest BCUT2D eigenvalue weighted by molar-refractivity contribution is 5.94. The molecule has 0 saturated heterocycles. The fourth-order valence-corrected chi connectivity index (χ4v) is 2.87. The molecule has 144 valence electrons. The highest BCUT2D eigenvalue weighted by Crippen LogP contribution is 2.21. The highest BCUT2D eigenvalue weighted by atomic mass is 16.6. The van der Waals surface area contributed by atoms with Crippen molar-refractivity contribution >= 4 is 28.3 Å². The molecule has 3 aromatic rings. The van der Waals surface area contributed by atoms with Crippen LogP contribution in [0.5, 0.6) is 0 Å². The Morgan fingerprint density at radius 1 is 1.18 bits per heavy atom. The molecule has 0 atom stereocenters. The Balaban J connectivity index is 1.58. The number of hydrogen-bond acceptors (Lipinski definition) is 6. The maximum Gasteiger partial charge on any atom is 0.338 e. The molecule has 0 radical (unpaired) electrons. The van der Waals surface area contributed by atoms with Crippen LogP contribution in [0.3, 0.4) is 0 Å². The normalized spacial score (nSPS) is 10.6. The van der Waals surface area contributed by atoms with Gasteiger partial charge in [0.25, 0.3) is 11.6 Å². The van der Waals surface area contributed by atoms with E-state index in [1.165, 1.54) is 29.2 Å². The van der Waals surface area contributed by atoms with Gasteiger partial charge in [0.05, 0.1) is 10.6 Å². The number of para-hydroxylation sites is 1. The van der Waals surface area contributed by atoms with Crippen molar-refractivity contribution in [2.45, 2.75) is 6.42 Å². The summed E-state index contributed by atoms with van der Waals surface area (Å²) in [5, 5.41) is 14.9. The number of hydrogen-bond donors (Lipinski definition) is 1. The maximum absolute atomic E-state index is 12.4. The molecule has 8 nitrogen and oxygen atoms in total. The van der Waals surface area contributed by atoms with Crippen LogP contribution in [0.1, 0.15) is 16.8 Å². The van der Waals surface area contributed by atoms with Crippen LogP contribution < -0.4 is 10.9 Å². The molecular weight excluding hydrogens is 362 g/mol. The number of nitrogens with one attached hydrogen (secondary N) is 1. The molecule has 0 saturated carbocycles. The van der Waals surface area contributed by atoms with Crippen LogP contribution >= 0.6 is 0 Å².